The van der Waals surface area contributed by atoms with Crippen molar-refractivity contribution in [2.24, 2.45) is 0 Å². The fraction of sp³-hybridized carbons (Fsp3) is 0.667. The Kier molecular flexibility index (Phi) is 4.13. The van der Waals surface area contributed by atoms with E-state index in [2.05, 4.69) is 8.92 Å². The van der Waals surface area contributed by atoms with Crippen molar-refractivity contribution in [3.8, 4) is 0 Å². The summed E-state index contributed by atoms with van der Waals surface area (Å²) in [4.78, 5) is 11.1. The average Bonchev–Trinajstić information content (AvgIpc) is 2.29. The highest BCUT2D eigenvalue weighted by molar-refractivity contribution is 7.87. The number of carbonyl (C=O) groups is 1. The van der Waals surface area contributed by atoms with Crippen LogP contribution in [0, 0.1) is 0 Å². The Morgan fingerprint density at radius 3 is 2.37 bits per heavy atom. The Morgan fingerprint density at radius 2 is 2.00 bits per heavy atom. The topological polar surface area (TPSA) is 69.7 Å². The average molecular weight is 306 g/mol. The first kappa shape index (κ1) is 15.7. The molecule has 1 aliphatic rings. The van der Waals surface area contributed by atoms with Gasteiger partial charge in [0.05, 0.1) is 7.11 Å². The van der Waals surface area contributed by atoms with E-state index < -0.39 is 52.3 Å². The summed E-state index contributed by atoms with van der Waals surface area (Å²) in [6.07, 6.45) is -0.786. The van der Waals surface area contributed by atoms with Crippen molar-refractivity contribution in [3.63, 3.8) is 0 Å². The lowest BCUT2D eigenvalue weighted by Crippen LogP contribution is -2.37. The third-order valence-electron chi connectivity index (χ3n) is 2.47. The lowest BCUT2D eigenvalue weighted by molar-refractivity contribution is -0.155. The zero-order chi connectivity index (χ0) is 14.9. The van der Waals surface area contributed by atoms with Gasteiger partial charge in [-0.2, -0.15) is 21.6 Å². The predicted octanol–water partition coefficient (Wildman–Crippen LogP) is 1.80. The number of methoxy groups -OCH3 is 1. The molecule has 0 radical (unpaired) electrons. The Balaban J connectivity index is 2.80. The molecule has 0 spiro atoms. The molecular formula is C9H10F4O5S. The normalized spacial score (nSPS) is 24.6. The van der Waals surface area contributed by atoms with E-state index in [4.69, 9.17) is 0 Å². The zero-order valence-corrected chi connectivity index (χ0v) is 10.5. The number of hydrogen-bond acceptors (Lipinski definition) is 5. The zero-order valence-electron chi connectivity index (χ0n) is 9.66. The molecule has 110 valence electrons. The van der Waals surface area contributed by atoms with Crippen LogP contribution < -0.4 is 0 Å². The van der Waals surface area contributed by atoms with Crippen molar-refractivity contribution in [1.82, 2.24) is 0 Å². The monoisotopic (exact) mass is 306 g/mol. The molecule has 5 nitrogen and oxygen atoms in total. The fourth-order valence-corrected chi connectivity index (χ4v) is 1.96. The van der Waals surface area contributed by atoms with Crippen molar-refractivity contribution >= 4 is 16.1 Å². The number of halogens is 4. The van der Waals surface area contributed by atoms with Crippen molar-refractivity contribution in [1.29, 1.82) is 0 Å². The summed E-state index contributed by atoms with van der Waals surface area (Å²) < 4.78 is 79.4. The van der Waals surface area contributed by atoms with Gasteiger partial charge in [-0.3, -0.25) is 0 Å². The van der Waals surface area contributed by atoms with Gasteiger partial charge in [-0.25, -0.2) is 9.18 Å². The number of ether oxygens (including phenoxy) is 1. The molecule has 1 atom stereocenters. The van der Waals surface area contributed by atoms with E-state index in [1.54, 1.807) is 0 Å². The maximum absolute atomic E-state index is 13.9. The molecule has 0 N–H and O–H groups in total. The number of carbonyl (C=O) groups excluding carboxylic acids is 1. The molecule has 0 saturated carbocycles. The number of hydrogen-bond donors (Lipinski definition) is 0. The summed E-state index contributed by atoms with van der Waals surface area (Å²) in [7, 11) is -4.80. The van der Waals surface area contributed by atoms with Crippen LogP contribution in [0.5, 0.6) is 0 Å². The summed E-state index contributed by atoms with van der Waals surface area (Å²) in [6, 6.07) is 0. The van der Waals surface area contributed by atoms with E-state index in [9.17, 15) is 30.8 Å². The van der Waals surface area contributed by atoms with Crippen molar-refractivity contribution in [2.75, 3.05) is 7.11 Å². The van der Waals surface area contributed by atoms with Crippen LogP contribution in [0.1, 0.15) is 19.3 Å². The Hall–Kier alpha value is -1.32. The summed E-state index contributed by atoms with van der Waals surface area (Å²) >= 11 is 0. The lowest BCUT2D eigenvalue weighted by atomic mass is 9.90. The van der Waals surface area contributed by atoms with Crippen molar-refractivity contribution in [3.05, 3.63) is 11.8 Å². The van der Waals surface area contributed by atoms with Gasteiger partial charge >= 0.3 is 21.6 Å². The maximum Gasteiger partial charge on any atom is 0.534 e. The number of alkyl halides is 4. The molecule has 0 amide bonds. The van der Waals surface area contributed by atoms with Crippen LogP contribution in [0.3, 0.4) is 0 Å². The summed E-state index contributed by atoms with van der Waals surface area (Å²) in [5.74, 6) is -1.71. The second kappa shape index (κ2) is 4.99. The van der Waals surface area contributed by atoms with Gasteiger partial charge in [0.1, 0.15) is 5.76 Å². The quantitative estimate of drug-likeness (QED) is 0.344. The summed E-state index contributed by atoms with van der Waals surface area (Å²) in [5.41, 5.74) is -7.93. The van der Waals surface area contributed by atoms with E-state index in [1.165, 1.54) is 0 Å². The smallest absolute Gasteiger partial charge is 0.467 e. The van der Waals surface area contributed by atoms with Gasteiger partial charge in [0.15, 0.2) is 0 Å². The van der Waals surface area contributed by atoms with Gasteiger partial charge in [0.25, 0.3) is 0 Å². The van der Waals surface area contributed by atoms with E-state index in [0.29, 0.717) is 0 Å². The molecule has 0 fully saturated rings. The number of esters is 1. The highest BCUT2D eigenvalue weighted by atomic mass is 32.2. The first-order valence-electron chi connectivity index (χ1n) is 4.99. The van der Waals surface area contributed by atoms with Crippen molar-refractivity contribution < 1.29 is 39.7 Å². The molecule has 0 heterocycles. The van der Waals surface area contributed by atoms with Crippen LogP contribution >= 0.6 is 0 Å². The first-order chi connectivity index (χ1) is 8.52. The molecule has 0 bridgehead atoms. The number of allylic oxidation sites excluding steroid dienone is 2. The fourth-order valence-electron chi connectivity index (χ4n) is 1.43. The van der Waals surface area contributed by atoms with Crippen LogP contribution in [-0.4, -0.2) is 32.7 Å². The molecule has 1 aliphatic carbocycles. The van der Waals surface area contributed by atoms with Crippen LogP contribution in [0.25, 0.3) is 0 Å². The molecule has 10 heteroatoms. The van der Waals surface area contributed by atoms with Gasteiger partial charge in [0.2, 0.25) is 5.67 Å². The van der Waals surface area contributed by atoms with Gasteiger partial charge in [-0.1, -0.05) is 0 Å². The minimum atomic E-state index is -5.77. The molecule has 0 aliphatic heterocycles. The largest absolute Gasteiger partial charge is 0.534 e. The first-order valence-corrected chi connectivity index (χ1v) is 6.40. The minimum Gasteiger partial charge on any atom is -0.467 e. The Morgan fingerprint density at radius 1 is 1.42 bits per heavy atom. The van der Waals surface area contributed by atoms with Gasteiger partial charge in [-0.15, -0.1) is 0 Å². The molecule has 19 heavy (non-hydrogen) atoms. The van der Waals surface area contributed by atoms with E-state index >= 15 is 0 Å². The second-order valence-electron chi connectivity index (χ2n) is 3.81. The van der Waals surface area contributed by atoms with E-state index in [0.717, 1.165) is 13.2 Å². The third-order valence-corrected chi connectivity index (χ3v) is 3.47. The Labute approximate surface area is 106 Å². The second-order valence-corrected chi connectivity index (χ2v) is 5.35. The molecule has 0 aromatic rings. The molecule has 0 saturated heterocycles. The van der Waals surface area contributed by atoms with Crippen LogP contribution in [0.15, 0.2) is 11.8 Å². The van der Waals surface area contributed by atoms with Gasteiger partial charge < -0.3 is 8.92 Å². The minimum absolute atomic E-state index is 0.457. The number of rotatable bonds is 3. The van der Waals surface area contributed by atoms with Gasteiger partial charge in [0, 0.05) is 12.8 Å². The SMILES string of the molecule is COC(=O)C1(F)CC=C(OS(=O)(=O)C(F)(F)F)CC1. The standard InChI is InChI=1S/C9H10F4O5S/c1-17-7(14)8(10)4-2-6(3-5-8)18-19(15,16)9(11,12)13/h2H,3-5H2,1H3. The van der Waals surface area contributed by atoms with E-state index in [1.807, 2.05) is 0 Å². The van der Waals surface area contributed by atoms with Crippen molar-refractivity contribution in [2.45, 2.75) is 30.4 Å². The van der Waals surface area contributed by atoms with Crippen LogP contribution in [-0.2, 0) is 23.8 Å². The third kappa shape index (κ3) is 3.37. The van der Waals surface area contributed by atoms with Crippen LogP contribution in [0.2, 0.25) is 0 Å². The molecule has 1 unspecified atom stereocenters. The molecule has 0 aromatic carbocycles. The highest BCUT2D eigenvalue weighted by Gasteiger charge is 2.50. The molecule has 0 aromatic heterocycles. The van der Waals surface area contributed by atoms with Gasteiger partial charge in [-0.05, 0) is 12.5 Å². The molecular weight excluding hydrogens is 296 g/mol. The predicted molar refractivity (Wildman–Crippen MR) is 53.8 cm³/mol. The maximum atomic E-state index is 13.9. The Bertz CT molecular complexity index is 495. The molecule has 1 rings (SSSR count). The summed E-state index contributed by atoms with van der Waals surface area (Å²) in [6.45, 7) is 0. The van der Waals surface area contributed by atoms with Crippen LogP contribution in [0.4, 0.5) is 17.6 Å². The lowest BCUT2D eigenvalue weighted by Gasteiger charge is -2.25. The van der Waals surface area contributed by atoms with E-state index in [-0.39, 0.29) is 0 Å². The summed E-state index contributed by atoms with van der Waals surface area (Å²) in [5, 5.41) is 0. The highest BCUT2D eigenvalue weighted by Crippen LogP contribution is 2.35.